The maximum atomic E-state index is 12.6. The van der Waals surface area contributed by atoms with Gasteiger partial charge in [0.15, 0.2) is 0 Å². The van der Waals surface area contributed by atoms with Gasteiger partial charge in [-0.15, -0.1) is 5.10 Å². The first-order chi connectivity index (χ1) is 14.9. The van der Waals surface area contributed by atoms with Gasteiger partial charge in [0.2, 0.25) is 0 Å². The van der Waals surface area contributed by atoms with Crippen molar-refractivity contribution < 1.29 is 4.79 Å². The molecule has 4 rings (SSSR count). The Balaban J connectivity index is 1.43. The Morgan fingerprint density at radius 3 is 2.29 bits per heavy atom. The number of carbonyl (C=O) groups is 1. The molecule has 0 unspecified atom stereocenters. The Morgan fingerprint density at radius 2 is 1.61 bits per heavy atom. The summed E-state index contributed by atoms with van der Waals surface area (Å²) < 4.78 is 1.41. The van der Waals surface area contributed by atoms with Crippen molar-refractivity contribution >= 4 is 29.1 Å². The largest absolute Gasteiger partial charge is 0.352 e. The first kappa shape index (κ1) is 20.9. The second-order valence-electron chi connectivity index (χ2n) is 7.66. The van der Waals surface area contributed by atoms with Crippen LogP contribution in [-0.2, 0) is 0 Å². The molecule has 1 aliphatic rings. The molecule has 0 spiro atoms. The summed E-state index contributed by atoms with van der Waals surface area (Å²) in [4.78, 5) is 28.8. The van der Waals surface area contributed by atoms with E-state index in [0.717, 1.165) is 16.8 Å². The summed E-state index contributed by atoms with van der Waals surface area (Å²) in [7, 11) is 0. The molecule has 0 saturated carbocycles. The van der Waals surface area contributed by atoms with Gasteiger partial charge in [0.25, 0.3) is 5.56 Å². The molecule has 31 heavy (non-hydrogen) atoms. The topological polar surface area (TPSA) is 70.5 Å². The molecule has 0 atom stereocenters. The van der Waals surface area contributed by atoms with E-state index in [4.69, 9.17) is 11.6 Å². The number of amides is 2. The van der Waals surface area contributed by atoms with Crippen LogP contribution in [0, 0.1) is 13.8 Å². The lowest BCUT2D eigenvalue weighted by atomic mass is 10.2. The Bertz CT molecular complexity index is 1150. The lowest BCUT2D eigenvalue weighted by molar-refractivity contribution is 0.208. The smallest absolute Gasteiger partial charge is 0.322 e. The molecule has 2 aromatic carbocycles. The minimum Gasteiger partial charge on any atom is -0.352 e. The molecule has 2 heterocycles. The highest BCUT2D eigenvalue weighted by Crippen LogP contribution is 2.23. The van der Waals surface area contributed by atoms with Crippen molar-refractivity contribution in [3.05, 3.63) is 81.1 Å². The number of nitrogens with zero attached hydrogens (tertiary/aromatic N) is 4. The molecule has 2 amide bonds. The Kier molecular flexibility index (Phi) is 5.95. The second kappa shape index (κ2) is 8.81. The van der Waals surface area contributed by atoms with Crippen LogP contribution in [0.4, 0.5) is 16.3 Å². The number of hydrogen-bond donors (Lipinski definition) is 1. The summed E-state index contributed by atoms with van der Waals surface area (Å²) in [5.74, 6) is 0.710. The molecule has 0 aliphatic carbocycles. The van der Waals surface area contributed by atoms with E-state index in [1.54, 1.807) is 11.0 Å². The number of hydrogen-bond acceptors (Lipinski definition) is 4. The van der Waals surface area contributed by atoms with E-state index in [9.17, 15) is 9.59 Å². The molecule has 1 fully saturated rings. The second-order valence-corrected chi connectivity index (χ2v) is 8.07. The van der Waals surface area contributed by atoms with Crippen molar-refractivity contribution in [2.75, 3.05) is 36.4 Å². The van der Waals surface area contributed by atoms with Crippen LogP contribution >= 0.6 is 11.6 Å². The Labute approximate surface area is 185 Å². The van der Waals surface area contributed by atoms with Crippen LogP contribution in [-0.4, -0.2) is 46.9 Å². The fourth-order valence-corrected chi connectivity index (χ4v) is 3.78. The monoisotopic (exact) mass is 437 g/mol. The summed E-state index contributed by atoms with van der Waals surface area (Å²) in [6.07, 6.45) is 0. The molecule has 8 heteroatoms. The van der Waals surface area contributed by atoms with Gasteiger partial charge in [-0.3, -0.25) is 4.79 Å². The van der Waals surface area contributed by atoms with Crippen molar-refractivity contribution in [3.63, 3.8) is 0 Å². The van der Waals surface area contributed by atoms with Crippen LogP contribution < -0.4 is 15.8 Å². The maximum Gasteiger partial charge on any atom is 0.322 e. The molecule has 0 radical (unpaired) electrons. The minimum absolute atomic E-state index is 0.178. The number of anilines is 2. The van der Waals surface area contributed by atoms with Crippen LogP contribution in [0.2, 0.25) is 5.02 Å². The fourth-order valence-electron chi connectivity index (χ4n) is 3.50. The predicted octanol–water partition coefficient (Wildman–Crippen LogP) is 3.86. The van der Waals surface area contributed by atoms with Gasteiger partial charge < -0.3 is 15.1 Å². The number of aromatic nitrogens is 2. The fraction of sp³-hybridized carbons (Fsp3) is 0.261. The number of carbonyl (C=O) groups excluding carboxylic acids is 1. The number of piperazine rings is 1. The van der Waals surface area contributed by atoms with Crippen molar-refractivity contribution in [1.29, 1.82) is 0 Å². The summed E-state index contributed by atoms with van der Waals surface area (Å²) in [6, 6.07) is 16.3. The third kappa shape index (κ3) is 4.72. The normalized spacial score (nSPS) is 13.9. The van der Waals surface area contributed by atoms with Crippen LogP contribution in [0.1, 0.15) is 11.1 Å². The standard InChI is InChI=1S/C23H24ClN5O2/c1-16-3-6-18(7-4-16)29-22(30)10-9-21(26-29)27-11-13-28(14-12-27)23(31)25-20-8-5-17(2)15-19(20)24/h3-10,15H,11-14H2,1-2H3,(H,25,31). The maximum absolute atomic E-state index is 12.6. The van der Waals surface area contributed by atoms with E-state index in [1.165, 1.54) is 10.7 Å². The quantitative estimate of drug-likeness (QED) is 0.675. The molecule has 1 aliphatic heterocycles. The molecular weight excluding hydrogens is 414 g/mol. The first-order valence-corrected chi connectivity index (χ1v) is 10.5. The van der Waals surface area contributed by atoms with E-state index in [0.29, 0.717) is 42.7 Å². The van der Waals surface area contributed by atoms with Crippen molar-refractivity contribution in [2.45, 2.75) is 13.8 Å². The average Bonchev–Trinajstić information content (AvgIpc) is 2.77. The summed E-state index contributed by atoms with van der Waals surface area (Å²) in [5, 5.41) is 7.95. The molecule has 0 bridgehead atoms. The number of urea groups is 1. The summed E-state index contributed by atoms with van der Waals surface area (Å²) >= 11 is 6.22. The average molecular weight is 438 g/mol. The Hall–Kier alpha value is -3.32. The van der Waals surface area contributed by atoms with E-state index in [1.807, 2.05) is 56.3 Å². The number of nitrogens with one attached hydrogen (secondary N) is 1. The van der Waals surface area contributed by atoms with Gasteiger partial charge in [-0.25, -0.2) is 4.79 Å². The zero-order valence-corrected chi connectivity index (χ0v) is 18.3. The van der Waals surface area contributed by atoms with Gasteiger partial charge in [-0.2, -0.15) is 4.68 Å². The van der Waals surface area contributed by atoms with Crippen LogP contribution in [0.5, 0.6) is 0 Å². The zero-order chi connectivity index (χ0) is 22.0. The molecule has 160 valence electrons. The number of aryl methyl sites for hydroxylation is 2. The molecular formula is C23H24ClN5O2. The van der Waals surface area contributed by atoms with Gasteiger partial charge in [-0.05, 0) is 49.7 Å². The lowest BCUT2D eigenvalue weighted by Crippen LogP contribution is -2.50. The molecule has 1 aromatic heterocycles. The van der Waals surface area contributed by atoms with Crippen molar-refractivity contribution in [1.82, 2.24) is 14.7 Å². The summed E-state index contributed by atoms with van der Waals surface area (Å²) in [6.45, 7) is 6.27. The van der Waals surface area contributed by atoms with Crippen LogP contribution in [0.3, 0.4) is 0 Å². The third-order valence-electron chi connectivity index (χ3n) is 5.32. The van der Waals surface area contributed by atoms with E-state index >= 15 is 0 Å². The van der Waals surface area contributed by atoms with Crippen LogP contribution in [0.25, 0.3) is 5.69 Å². The van der Waals surface area contributed by atoms with Crippen molar-refractivity contribution in [2.24, 2.45) is 0 Å². The lowest BCUT2D eigenvalue weighted by Gasteiger charge is -2.35. The van der Waals surface area contributed by atoms with Crippen molar-refractivity contribution in [3.8, 4) is 5.69 Å². The molecule has 7 nitrogen and oxygen atoms in total. The van der Waals surface area contributed by atoms with E-state index in [-0.39, 0.29) is 11.6 Å². The Morgan fingerprint density at radius 1 is 0.935 bits per heavy atom. The number of rotatable bonds is 3. The van der Waals surface area contributed by atoms with Crippen LogP contribution in [0.15, 0.2) is 59.4 Å². The number of halogens is 1. The molecule has 1 saturated heterocycles. The highest BCUT2D eigenvalue weighted by atomic mass is 35.5. The SMILES string of the molecule is Cc1ccc(-n2nc(N3CCN(C(=O)Nc4ccc(C)cc4Cl)CC3)ccc2=O)cc1. The zero-order valence-electron chi connectivity index (χ0n) is 17.5. The van der Waals surface area contributed by atoms with Gasteiger partial charge in [-0.1, -0.05) is 35.4 Å². The van der Waals surface area contributed by atoms with Gasteiger partial charge in [0, 0.05) is 32.2 Å². The highest BCUT2D eigenvalue weighted by Gasteiger charge is 2.23. The minimum atomic E-state index is -0.180. The molecule has 3 aromatic rings. The highest BCUT2D eigenvalue weighted by molar-refractivity contribution is 6.33. The van der Waals surface area contributed by atoms with Gasteiger partial charge >= 0.3 is 6.03 Å². The first-order valence-electron chi connectivity index (χ1n) is 10.2. The van der Waals surface area contributed by atoms with E-state index < -0.39 is 0 Å². The molecule has 1 N–H and O–H groups in total. The predicted molar refractivity (Wildman–Crippen MR) is 124 cm³/mol. The summed E-state index contributed by atoms with van der Waals surface area (Å²) in [5.41, 5.74) is 3.31. The third-order valence-corrected chi connectivity index (χ3v) is 5.63. The number of benzene rings is 2. The van der Waals surface area contributed by atoms with E-state index in [2.05, 4.69) is 15.3 Å². The van der Waals surface area contributed by atoms with Gasteiger partial charge in [0.05, 0.1) is 16.4 Å². The van der Waals surface area contributed by atoms with Gasteiger partial charge in [0.1, 0.15) is 5.82 Å².